The molecule has 2 aromatic rings. The number of rotatable bonds is 4. The lowest BCUT2D eigenvalue weighted by atomic mass is 9.85. The van der Waals surface area contributed by atoms with Gasteiger partial charge in [-0.15, -0.1) is 11.7 Å². The molecule has 0 saturated heterocycles. The molecule has 138 valence electrons. The highest BCUT2D eigenvalue weighted by molar-refractivity contribution is 7.91. The van der Waals surface area contributed by atoms with E-state index in [-0.39, 0.29) is 23.7 Å². The first-order valence-corrected chi connectivity index (χ1v) is 9.77. The Hall–Kier alpha value is -2.16. The molecule has 0 bridgehead atoms. The molecular weight excluding hydrogens is 367 g/mol. The van der Waals surface area contributed by atoms with Gasteiger partial charge in [0.05, 0.1) is 11.3 Å². The molecule has 26 heavy (non-hydrogen) atoms. The Labute approximate surface area is 148 Å². The zero-order valence-corrected chi connectivity index (χ0v) is 14.5. The Morgan fingerprint density at radius 1 is 1.15 bits per heavy atom. The molecule has 0 N–H and O–H groups in total. The third-order valence-corrected chi connectivity index (χ3v) is 7.02. The second-order valence-electron chi connectivity index (χ2n) is 6.75. The summed E-state index contributed by atoms with van der Waals surface area (Å²) >= 11 is 0. The number of hydrogen-bond acceptors (Lipinski definition) is 4. The van der Waals surface area contributed by atoms with Gasteiger partial charge in [0, 0.05) is 12.5 Å². The topological polar surface area (TPSA) is 64.8 Å². The number of alkyl halides is 1. The maximum absolute atomic E-state index is 14.3. The summed E-state index contributed by atoms with van der Waals surface area (Å²) in [5.74, 6) is -1.57. The lowest BCUT2D eigenvalue weighted by molar-refractivity contribution is 0.326. The molecule has 2 heterocycles. The summed E-state index contributed by atoms with van der Waals surface area (Å²) in [6.07, 6.45) is 0.935. The Morgan fingerprint density at radius 2 is 1.81 bits per heavy atom. The lowest BCUT2D eigenvalue weighted by Gasteiger charge is -2.31. The van der Waals surface area contributed by atoms with Crippen LogP contribution >= 0.6 is 0 Å². The fraction of sp³-hybridized carbons (Fsp3) is 0.412. The van der Waals surface area contributed by atoms with E-state index in [0.717, 1.165) is 22.9 Å². The van der Waals surface area contributed by atoms with E-state index in [1.165, 1.54) is 0 Å². The molecule has 0 radical (unpaired) electrons. The van der Waals surface area contributed by atoms with Gasteiger partial charge in [0.1, 0.15) is 11.6 Å². The Balaban J connectivity index is 1.69. The highest BCUT2D eigenvalue weighted by Gasteiger charge is 2.43. The SMILES string of the molecule is C=CC1CC(S(=O)(=O)c2nc3n(n2)[C@H](c2cc(F)cc(F)c2)C[C@@H]3F)C1. The van der Waals surface area contributed by atoms with Crippen molar-refractivity contribution >= 4 is 9.84 Å². The quantitative estimate of drug-likeness (QED) is 0.760. The molecule has 5 nitrogen and oxygen atoms in total. The van der Waals surface area contributed by atoms with E-state index in [4.69, 9.17) is 0 Å². The molecule has 1 fully saturated rings. The predicted molar refractivity (Wildman–Crippen MR) is 86.9 cm³/mol. The summed E-state index contributed by atoms with van der Waals surface area (Å²) in [5.41, 5.74) is 0.188. The first kappa shape index (κ1) is 17.3. The van der Waals surface area contributed by atoms with Crippen molar-refractivity contribution in [3.05, 3.63) is 53.9 Å². The van der Waals surface area contributed by atoms with E-state index in [9.17, 15) is 21.6 Å². The molecule has 1 aliphatic carbocycles. The number of fused-ring (bicyclic) bond motifs is 1. The normalized spacial score (nSPS) is 27.8. The van der Waals surface area contributed by atoms with E-state index in [1.54, 1.807) is 6.08 Å². The summed E-state index contributed by atoms with van der Waals surface area (Å²) in [6.45, 7) is 3.64. The van der Waals surface area contributed by atoms with Crippen molar-refractivity contribution in [2.24, 2.45) is 5.92 Å². The Morgan fingerprint density at radius 3 is 2.42 bits per heavy atom. The first-order valence-electron chi connectivity index (χ1n) is 8.22. The van der Waals surface area contributed by atoms with Crippen LogP contribution in [0.5, 0.6) is 0 Å². The first-order chi connectivity index (χ1) is 12.3. The van der Waals surface area contributed by atoms with Crippen LogP contribution in [-0.2, 0) is 9.84 Å². The van der Waals surface area contributed by atoms with E-state index < -0.39 is 44.1 Å². The minimum atomic E-state index is -3.77. The molecule has 2 aliphatic rings. The molecule has 0 unspecified atom stereocenters. The van der Waals surface area contributed by atoms with Gasteiger partial charge in [0.25, 0.3) is 5.16 Å². The van der Waals surface area contributed by atoms with Crippen LogP contribution in [0.4, 0.5) is 13.2 Å². The van der Waals surface area contributed by atoms with Gasteiger partial charge in [-0.05, 0) is 36.5 Å². The number of sulfone groups is 1. The molecule has 1 aromatic carbocycles. The summed E-state index contributed by atoms with van der Waals surface area (Å²) in [6, 6.07) is 2.10. The van der Waals surface area contributed by atoms with Crippen molar-refractivity contribution in [2.75, 3.05) is 0 Å². The average molecular weight is 383 g/mol. The Kier molecular flexibility index (Phi) is 3.94. The van der Waals surface area contributed by atoms with Crippen molar-refractivity contribution in [2.45, 2.75) is 41.9 Å². The van der Waals surface area contributed by atoms with Gasteiger partial charge < -0.3 is 0 Å². The van der Waals surface area contributed by atoms with Crippen LogP contribution in [0, 0.1) is 17.6 Å². The maximum atomic E-state index is 14.3. The van der Waals surface area contributed by atoms with Crippen LogP contribution < -0.4 is 0 Å². The smallest absolute Gasteiger partial charge is 0.239 e. The largest absolute Gasteiger partial charge is 0.267 e. The molecule has 1 aliphatic heterocycles. The van der Waals surface area contributed by atoms with E-state index >= 15 is 0 Å². The van der Waals surface area contributed by atoms with Crippen molar-refractivity contribution in [1.29, 1.82) is 0 Å². The van der Waals surface area contributed by atoms with Crippen LogP contribution in [0.2, 0.25) is 0 Å². The fourth-order valence-electron chi connectivity index (χ4n) is 3.53. The number of benzene rings is 1. The second-order valence-corrected chi connectivity index (χ2v) is 8.88. The predicted octanol–water partition coefficient (Wildman–Crippen LogP) is 3.30. The standard InChI is InChI=1S/C17H16F3N3O2S/c1-2-9-3-13(4-9)26(24,25)17-21-16-14(20)8-15(23(16)22-17)10-5-11(18)7-12(19)6-10/h2,5-7,9,13-15H,1,3-4,8H2/t9?,13?,14-,15-/m0/s1. The van der Waals surface area contributed by atoms with Crippen molar-refractivity contribution in [3.8, 4) is 0 Å². The number of allylic oxidation sites excluding steroid dienone is 1. The summed E-state index contributed by atoms with van der Waals surface area (Å²) in [7, 11) is -3.77. The fourth-order valence-corrected chi connectivity index (χ4v) is 5.25. The Bertz CT molecular complexity index is 963. The third kappa shape index (κ3) is 2.65. The highest BCUT2D eigenvalue weighted by Crippen LogP contribution is 2.41. The monoisotopic (exact) mass is 383 g/mol. The zero-order valence-electron chi connectivity index (χ0n) is 13.6. The molecule has 9 heteroatoms. The molecular formula is C17H16F3N3O2S. The second kappa shape index (κ2) is 5.94. The van der Waals surface area contributed by atoms with Gasteiger partial charge in [-0.3, -0.25) is 0 Å². The van der Waals surface area contributed by atoms with Crippen molar-refractivity contribution in [3.63, 3.8) is 0 Å². The van der Waals surface area contributed by atoms with E-state index in [1.807, 2.05) is 0 Å². The molecule has 1 saturated carbocycles. The van der Waals surface area contributed by atoms with Crippen LogP contribution in [0.3, 0.4) is 0 Å². The van der Waals surface area contributed by atoms with Gasteiger partial charge in [0.2, 0.25) is 9.84 Å². The van der Waals surface area contributed by atoms with Gasteiger partial charge in [0.15, 0.2) is 12.0 Å². The molecule has 0 spiro atoms. The maximum Gasteiger partial charge on any atom is 0.267 e. The average Bonchev–Trinajstić information content (AvgIpc) is 3.06. The van der Waals surface area contributed by atoms with Crippen molar-refractivity contribution in [1.82, 2.24) is 14.8 Å². The van der Waals surface area contributed by atoms with Gasteiger partial charge in [-0.25, -0.2) is 26.3 Å². The van der Waals surface area contributed by atoms with Crippen LogP contribution in [0.25, 0.3) is 0 Å². The van der Waals surface area contributed by atoms with Crippen LogP contribution in [0.1, 0.15) is 42.9 Å². The zero-order chi connectivity index (χ0) is 18.6. The number of halogens is 3. The summed E-state index contributed by atoms with van der Waals surface area (Å²) in [5, 5.41) is 2.95. The number of nitrogens with zero attached hydrogens (tertiary/aromatic N) is 3. The number of hydrogen-bond donors (Lipinski definition) is 0. The third-order valence-electron chi connectivity index (χ3n) is 5.07. The van der Waals surface area contributed by atoms with Crippen LogP contribution in [0.15, 0.2) is 36.0 Å². The molecule has 1 aromatic heterocycles. The number of aromatic nitrogens is 3. The van der Waals surface area contributed by atoms with Crippen molar-refractivity contribution < 1.29 is 21.6 Å². The van der Waals surface area contributed by atoms with Crippen LogP contribution in [-0.4, -0.2) is 28.4 Å². The van der Waals surface area contributed by atoms with Gasteiger partial charge in [-0.1, -0.05) is 6.08 Å². The summed E-state index contributed by atoms with van der Waals surface area (Å²) < 4.78 is 67.7. The highest BCUT2D eigenvalue weighted by atomic mass is 32.2. The minimum absolute atomic E-state index is 0.0967. The van der Waals surface area contributed by atoms with E-state index in [2.05, 4.69) is 16.7 Å². The molecule has 0 amide bonds. The van der Waals surface area contributed by atoms with Gasteiger partial charge >= 0.3 is 0 Å². The van der Waals surface area contributed by atoms with E-state index in [0.29, 0.717) is 12.8 Å². The minimum Gasteiger partial charge on any atom is -0.239 e. The van der Waals surface area contributed by atoms with Gasteiger partial charge in [-0.2, -0.15) is 4.98 Å². The molecule has 2 atom stereocenters. The molecule has 4 rings (SSSR count). The lowest BCUT2D eigenvalue weighted by Crippen LogP contribution is -2.35. The summed E-state index contributed by atoms with van der Waals surface area (Å²) in [4.78, 5) is 3.89.